The summed E-state index contributed by atoms with van der Waals surface area (Å²) in [6.07, 6.45) is 4.75. The fourth-order valence-electron chi connectivity index (χ4n) is 2.81. The Morgan fingerprint density at radius 2 is 1.89 bits per heavy atom. The molecule has 1 aromatic heterocycles. The van der Waals surface area contributed by atoms with Crippen molar-refractivity contribution < 1.29 is 0 Å². The molecule has 0 radical (unpaired) electrons. The van der Waals surface area contributed by atoms with Crippen LogP contribution in [0, 0.1) is 0 Å². The molecule has 156 valence electrons. The van der Waals surface area contributed by atoms with Crippen molar-refractivity contribution in [1.82, 2.24) is 25.4 Å². The van der Waals surface area contributed by atoms with E-state index in [1.54, 1.807) is 6.33 Å². The first-order valence-electron chi connectivity index (χ1n) is 9.79. The molecule has 7 nitrogen and oxygen atoms in total. The molecule has 0 saturated carbocycles. The number of benzene rings is 1. The fourth-order valence-corrected chi connectivity index (χ4v) is 2.81. The van der Waals surface area contributed by atoms with Crippen molar-refractivity contribution in [2.24, 2.45) is 4.99 Å². The van der Waals surface area contributed by atoms with Gasteiger partial charge in [-0.2, -0.15) is 0 Å². The van der Waals surface area contributed by atoms with Crippen molar-refractivity contribution in [2.45, 2.75) is 39.7 Å². The van der Waals surface area contributed by atoms with E-state index in [0.717, 1.165) is 57.2 Å². The van der Waals surface area contributed by atoms with E-state index in [9.17, 15) is 0 Å². The van der Waals surface area contributed by atoms with Crippen LogP contribution < -0.4 is 15.5 Å². The Morgan fingerprint density at radius 1 is 1.14 bits per heavy atom. The lowest BCUT2D eigenvalue weighted by molar-refractivity contribution is 0.632. The zero-order valence-electron chi connectivity index (χ0n) is 17.5. The largest absolute Gasteiger partial charge is 0.378 e. The van der Waals surface area contributed by atoms with Crippen molar-refractivity contribution in [2.75, 3.05) is 38.6 Å². The Bertz CT molecular complexity index is 695. The number of aryl methyl sites for hydroxylation is 2. The maximum absolute atomic E-state index is 4.68. The van der Waals surface area contributed by atoms with E-state index in [1.165, 1.54) is 11.3 Å². The van der Waals surface area contributed by atoms with Crippen LogP contribution in [0.4, 0.5) is 5.69 Å². The molecule has 1 heterocycles. The molecular weight excluding hydrogens is 465 g/mol. The van der Waals surface area contributed by atoms with Gasteiger partial charge in [0.05, 0.1) is 0 Å². The smallest absolute Gasteiger partial charge is 0.191 e. The lowest BCUT2D eigenvalue weighted by Gasteiger charge is -2.13. The van der Waals surface area contributed by atoms with Gasteiger partial charge in [-0.1, -0.05) is 19.1 Å². The van der Waals surface area contributed by atoms with E-state index in [1.807, 2.05) is 0 Å². The Hall–Kier alpha value is -1.84. The Labute approximate surface area is 186 Å². The fraction of sp³-hybridized carbons (Fsp3) is 0.550. The predicted octanol–water partition coefficient (Wildman–Crippen LogP) is 2.71. The van der Waals surface area contributed by atoms with Crippen LogP contribution in [0.1, 0.15) is 31.7 Å². The molecule has 0 bridgehead atoms. The van der Waals surface area contributed by atoms with Gasteiger partial charge in [0.2, 0.25) is 0 Å². The third-order valence-corrected chi connectivity index (χ3v) is 4.35. The van der Waals surface area contributed by atoms with Crippen LogP contribution in [0.2, 0.25) is 0 Å². The number of nitrogens with one attached hydrogen (secondary N) is 2. The molecule has 0 fully saturated rings. The van der Waals surface area contributed by atoms with Gasteiger partial charge >= 0.3 is 0 Å². The van der Waals surface area contributed by atoms with Crippen LogP contribution in [-0.2, 0) is 19.4 Å². The van der Waals surface area contributed by atoms with Crippen molar-refractivity contribution in [3.63, 3.8) is 0 Å². The first-order chi connectivity index (χ1) is 13.1. The van der Waals surface area contributed by atoms with E-state index < -0.39 is 0 Å². The lowest BCUT2D eigenvalue weighted by atomic mass is 10.1. The quantitative estimate of drug-likeness (QED) is 0.228. The highest BCUT2D eigenvalue weighted by Crippen LogP contribution is 2.13. The molecule has 0 unspecified atom stereocenters. The minimum Gasteiger partial charge on any atom is -0.378 e. The molecule has 8 heteroatoms. The standard InChI is InChI=1S/C20H33N7.HI/c1-5-19-25-24-16-27(19)15-14-23-20(21-6-2)22-13-7-8-17-9-11-18(12-10-17)26(3)4;/h9-12,16H,5-8,13-15H2,1-4H3,(H2,21,22,23);1H. The van der Waals surface area contributed by atoms with Crippen molar-refractivity contribution >= 4 is 35.6 Å². The van der Waals surface area contributed by atoms with Gasteiger partial charge in [0, 0.05) is 52.4 Å². The summed E-state index contributed by atoms with van der Waals surface area (Å²) in [5, 5.41) is 14.8. The second-order valence-electron chi connectivity index (χ2n) is 6.65. The van der Waals surface area contributed by atoms with Gasteiger partial charge in [-0.25, -0.2) is 0 Å². The minimum atomic E-state index is 0. The molecule has 2 N–H and O–H groups in total. The highest BCUT2D eigenvalue weighted by Gasteiger charge is 2.02. The predicted molar refractivity (Wildman–Crippen MR) is 128 cm³/mol. The molecule has 0 saturated heterocycles. The van der Waals surface area contributed by atoms with Crippen LogP contribution in [0.5, 0.6) is 0 Å². The zero-order chi connectivity index (χ0) is 19.5. The molecule has 0 aliphatic heterocycles. The molecule has 0 atom stereocenters. The molecule has 0 aliphatic carbocycles. The molecule has 2 aromatic rings. The summed E-state index contributed by atoms with van der Waals surface area (Å²) in [7, 11) is 4.12. The van der Waals surface area contributed by atoms with Gasteiger partial charge < -0.3 is 20.1 Å². The van der Waals surface area contributed by atoms with Crippen molar-refractivity contribution in [3.05, 3.63) is 42.0 Å². The molecular formula is C20H34IN7. The molecule has 1 aromatic carbocycles. The summed E-state index contributed by atoms with van der Waals surface area (Å²) in [5.41, 5.74) is 2.59. The molecule has 2 rings (SSSR count). The number of aromatic nitrogens is 3. The SMILES string of the molecule is CCNC(=NCCCc1ccc(N(C)C)cc1)NCCn1cnnc1CC.I. The molecule has 0 spiro atoms. The lowest BCUT2D eigenvalue weighted by Crippen LogP contribution is -2.39. The highest BCUT2D eigenvalue weighted by atomic mass is 127. The van der Waals surface area contributed by atoms with Crippen LogP contribution >= 0.6 is 24.0 Å². The normalized spacial score (nSPS) is 11.1. The summed E-state index contributed by atoms with van der Waals surface area (Å²) in [6, 6.07) is 8.74. The van der Waals surface area contributed by atoms with Gasteiger partial charge in [0.1, 0.15) is 12.2 Å². The number of rotatable bonds is 10. The van der Waals surface area contributed by atoms with Gasteiger partial charge in [-0.15, -0.1) is 34.2 Å². The second-order valence-corrected chi connectivity index (χ2v) is 6.65. The van der Waals surface area contributed by atoms with Gasteiger partial charge in [-0.3, -0.25) is 4.99 Å². The average molecular weight is 499 g/mol. The van der Waals surface area contributed by atoms with E-state index in [0.29, 0.717) is 0 Å². The van der Waals surface area contributed by atoms with Crippen LogP contribution in [-0.4, -0.2) is 54.5 Å². The van der Waals surface area contributed by atoms with Gasteiger partial charge in [0.25, 0.3) is 0 Å². The summed E-state index contributed by atoms with van der Waals surface area (Å²) in [5.74, 6) is 1.88. The zero-order valence-corrected chi connectivity index (χ0v) is 19.8. The Morgan fingerprint density at radius 3 is 2.54 bits per heavy atom. The molecule has 0 amide bonds. The Balaban J connectivity index is 0.00000392. The van der Waals surface area contributed by atoms with E-state index in [2.05, 4.69) is 87.5 Å². The summed E-state index contributed by atoms with van der Waals surface area (Å²) in [6.45, 7) is 7.45. The maximum atomic E-state index is 4.68. The average Bonchev–Trinajstić information content (AvgIpc) is 3.13. The summed E-state index contributed by atoms with van der Waals surface area (Å²) >= 11 is 0. The number of nitrogens with zero attached hydrogens (tertiary/aromatic N) is 5. The van der Waals surface area contributed by atoms with E-state index in [-0.39, 0.29) is 24.0 Å². The maximum Gasteiger partial charge on any atom is 0.191 e. The first kappa shape index (κ1) is 24.2. The van der Waals surface area contributed by atoms with Crippen molar-refractivity contribution in [1.29, 1.82) is 0 Å². The number of hydrogen-bond acceptors (Lipinski definition) is 4. The Kier molecular flexibility index (Phi) is 11.5. The highest BCUT2D eigenvalue weighted by molar-refractivity contribution is 14.0. The number of anilines is 1. The number of guanidine groups is 1. The van der Waals surface area contributed by atoms with Crippen LogP contribution in [0.15, 0.2) is 35.6 Å². The first-order valence-corrected chi connectivity index (χ1v) is 9.79. The number of halogens is 1. The van der Waals surface area contributed by atoms with Gasteiger partial charge in [-0.05, 0) is 37.5 Å². The van der Waals surface area contributed by atoms with E-state index >= 15 is 0 Å². The monoisotopic (exact) mass is 499 g/mol. The summed E-state index contributed by atoms with van der Waals surface area (Å²) < 4.78 is 2.08. The topological polar surface area (TPSA) is 70.4 Å². The summed E-state index contributed by atoms with van der Waals surface area (Å²) in [4.78, 5) is 6.80. The third kappa shape index (κ3) is 8.04. The van der Waals surface area contributed by atoms with E-state index in [4.69, 9.17) is 0 Å². The van der Waals surface area contributed by atoms with Crippen LogP contribution in [0.25, 0.3) is 0 Å². The molecule has 0 aliphatic rings. The van der Waals surface area contributed by atoms with Gasteiger partial charge in [0.15, 0.2) is 5.96 Å². The van der Waals surface area contributed by atoms with Crippen molar-refractivity contribution in [3.8, 4) is 0 Å². The molecule has 28 heavy (non-hydrogen) atoms. The minimum absolute atomic E-state index is 0. The third-order valence-electron chi connectivity index (χ3n) is 4.35. The number of aliphatic imine (C=N–C) groups is 1. The second kappa shape index (κ2) is 13.4. The van der Waals surface area contributed by atoms with Crippen LogP contribution in [0.3, 0.4) is 0 Å². The number of hydrogen-bond donors (Lipinski definition) is 2.